The zero-order chi connectivity index (χ0) is 29.6. The Morgan fingerprint density at radius 3 is 2.25 bits per heavy atom. The van der Waals surface area contributed by atoms with Crippen LogP contribution in [-0.4, -0.2) is 43.8 Å². The largest absolute Gasteiger partial charge is 0.352 e. The molecule has 0 saturated carbocycles. The number of rotatable bonds is 11. The van der Waals surface area contributed by atoms with Crippen molar-refractivity contribution in [3.63, 3.8) is 0 Å². The van der Waals surface area contributed by atoms with Crippen molar-refractivity contribution in [2.24, 2.45) is 0 Å². The summed E-state index contributed by atoms with van der Waals surface area (Å²) in [5.41, 5.74) is 1.77. The van der Waals surface area contributed by atoms with Gasteiger partial charge >= 0.3 is 0 Å². The van der Waals surface area contributed by atoms with E-state index in [1.807, 2.05) is 20.8 Å². The molecule has 3 rings (SSSR count). The zero-order valence-corrected chi connectivity index (χ0v) is 26.6. The normalized spacial score (nSPS) is 12.2. The molecule has 0 aliphatic carbocycles. The lowest BCUT2D eigenvalue weighted by Crippen LogP contribution is -2.53. The van der Waals surface area contributed by atoms with Gasteiger partial charge in [-0.25, -0.2) is 8.42 Å². The topological polar surface area (TPSA) is 86.8 Å². The van der Waals surface area contributed by atoms with Gasteiger partial charge in [0.1, 0.15) is 12.6 Å². The van der Waals surface area contributed by atoms with Gasteiger partial charge in [0, 0.05) is 27.1 Å². The van der Waals surface area contributed by atoms with Crippen LogP contribution in [0.4, 0.5) is 5.69 Å². The molecule has 1 atom stereocenters. The number of hydrogen-bond donors (Lipinski definition) is 1. The summed E-state index contributed by atoms with van der Waals surface area (Å²) in [6.07, 6.45) is 0.303. The van der Waals surface area contributed by atoms with Crippen LogP contribution in [0.1, 0.15) is 38.3 Å². The molecule has 0 fully saturated rings. The number of halogens is 3. The lowest BCUT2D eigenvalue weighted by atomic mass is 10.1. The molecule has 1 N–H and O–H groups in total. The Hall–Kier alpha value is -2.59. The maximum absolute atomic E-state index is 14.1. The van der Waals surface area contributed by atoms with Crippen LogP contribution in [0.2, 0.25) is 10.0 Å². The van der Waals surface area contributed by atoms with Gasteiger partial charge in [0.25, 0.3) is 10.0 Å². The first-order valence-electron chi connectivity index (χ1n) is 12.7. The maximum atomic E-state index is 14.1. The van der Waals surface area contributed by atoms with Crippen molar-refractivity contribution < 1.29 is 18.0 Å². The van der Waals surface area contributed by atoms with Gasteiger partial charge in [-0.05, 0) is 75.2 Å². The Bertz CT molecular complexity index is 1470. The minimum absolute atomic E-state index is 0.0181. The molecular weight excluding hydrogens is 637 g/mol. The number of nitrogens with zero attached hydrogens (tertiary/aromatic N) is 2. The highest BCUT2D eigenvalue weighted by Gasteiger charge is 2.34. The second kappa shape index (κ2) is 13.9. The predicted molar refractivity (Wildman–Crippen MR) is 164 cm³/mol. The number of hydrogen-bond acceptors (Lipinski definition) is 4. The van der Waals surface area contributed by atoms with Gasteiger partial charge in [0.2, 0.25) is 11.8 Å². The van der Waals surface area contributed by atoms with Crippen LogP contribution in [0.25, 0.3) is 0 Å². The quantitative estimate of drug-likeness (QED) is 0.250. The standard InChI is InChI=1S/C29H32BrCl2N3O4S/c1-5-27(29(37)33-19(2)3)34(17-21-11-12-23(31)16-26(21)32)28(36)18-35(24-8-6-7-22(30)15-24)40(38,39)25-13-9-20(4)10-14-25/h6-16,19,27H,5,17-18H2,1-4H3,(H,33,37). The highest BCUT2D eigenvalue weighted by atomic mass is 79.9. The van der Waals surface area contributed by atoms with Gasteiger partial charge in [0.05, 0.1) is 10.6 Å². The lowest BCUT2D eigenvalue weighted by Gasteiger charge is -2.33. The molecular formula is C29H32BrCl2N3O4S. The van der Waals surface area contributed by atoms with Crippen LogP contribution in [0.15, 0.2) is 76.1 Å². The fourth-order valence-corrected chi connectivity index (χ4v) is 6.39. The summed E-state index contributed by atoms with van der Waals surface area (Å²) in [6.45, 7) is 6.76. The highest BCUT2D eigenvalue weighted by Crippen LogP contribution is 2.28. The molecule has 3 aromatic carbocycles. The van der Waals surface area contributed by atoms with E-state index in [2.05, 4.69) is 21.2 Å². The predicted octanol–water partition coefficient (Wildman–Crippen LogP) is 6.59. The molecule has 0 bridgehead atoms. The fraction of sp³-hybridized carbons (Fsp3) is 0.310. The van der Waals surface area contributed by atoms with E-state index in [9.17, 15) is 18.0 Å². The number of carbonyl (C=O) groups is 2. The Morgan fingerprint density at radius 1 is 1.00 bits per heavy atom. The highest BCUT2D eigenvalue weighted by molar-refractivity contribution is 9.10. The fourth-order valence-electron chi connectivity index (χ4n) is 4.13. The van der Waals surface area contributed by atoms with Gasteiger partial charge in [-0.3, -0.25) is 13.9 Å². The number of benzene rings is 3. The number of anilines is 1. The van der Waals surface area contributed by atoms with Crippen LogP contribution in [0.5, 0.6) is 0 Å². The van der Waals surface area contributed by atoms with Crippen LogP contribution in [-0.2, 0) is 26.2 Å². The molecule has 0 heterocycles. The van der Waals surface area contributed by atoms with Crippen LogP contribution in [0.3, 0.4) is 0 Å². The minimum Gasteiger partial charge on any atom is -0.352 e. The molecule has 0 aliphatic rings. The lowest BCUT2D eigenvalue weighted by molar-refractivity contribution is -0.140. The molecule has 0 aromatic heterocycles. The van der Waals surface area contributed by atoms with Gasteiger partial charge in [-0.2, -0.15) is 0 Å². The van der Waals surface area contributed by atoms with Gasteiger partial charge in [-0.15, -0.1) is 0 Å². The van der Waals surface area contributed by atoms with E-state index in [4.69, 9.17) is 23.2 Å². The average molecular weight is 669 g/mol. The molecule has 2 amide bonds. The van der Waals surface area contributed by atoms with Crippen LogP contribution >= 0.6 is 39.1 Å². The van der Waals surface area contributed by atoms with E-state index in [-0.39, 0.29) is 23.4 Å². The SMILES string of the molecule is CCC(C(=O)NC(C)C)N(Cc1ccc(Cl)cc1Cl)C(=O)CN(c1cccc(Br)c1)S(=O)(=O)c1ccc(C)cc1. The van der Waals surface area contributed by atoms with Crippen molar-refractivity contribution in [2.75, 3.05) is 10.8 Å². The first kappa shape index (κ1) is 31.9. The third kappa shape index (κ3) is 8.00. The summed E-state index contributed by atoms with van der Waals surface area (Å²) < 4.78 is 29.5. The Balaban J connectivity index is 2.09. The number of sulfonamides is 1. The Kier molecular flexibility index (Phi) is 11.1. The smallest absolute Gasteiger partial charge is 0.264 e. The number of nitrogens with one attached hydrogen (secondary N) is 1. The summed E-state index contributed by atoms with van der Waals surface area (Å²) in [5, 5.41) is 3.63. The van der Waals surface area contributed by atoms with Crippen molar-refractivity contribution in [1.82, 2.24) is 10.2 Å². The van der Waals surface area contributed by atoms with Crippen LogP contribution < -0.4 is 9.62 Å². The molecule has 0 spiro atoms. The Morgan fingerprint density at radius 2 is 1.68 bits per heavy atom. The van der Waals surface area contributed by atoms with E-state index in [1.165, 1.54) is 17.0 Å². The van der Waals surface area contributed by atoms with E-state index < -0.39 is 28.5 Å². The molecule has 0 aliphatic heterocycles. The van der Waals surface area contributed by atoms with Crippen molar-refractivity contribution in [2.45, 2.75) is 57.6 Å². The first-order chi connectivity index (χ1) is 18.8. The second-order valence-electron chi connectivity index (χ2n) is 9.65. The number of aryl methyl sites for hydroxylation is 1. The van der Waals surface area contributed by atoms with Gasteiger partial charge in [-0.1, -0.05) is 75.9 Å². The second-order valence-corrected chi connectivity index (χ2v) is 13.3. The van der Waals surface area contributed by atoms with E-state index in [1.54, 1.807) is 61.5 Å². The summed E-state index contributed by atoms with van der Waals surface area (Å²) in [7, 11) is -4.15. The summed E-state index contributed by atoms with van der Waals surface area (Å²) >= 11 is 15.9. The van der Waals surface area contributed by atoms with Crippen LogP contribution in [0, 0.1) is 6.92 Å². The van der Waals surface area contributed by atoms with Crippen molar-refractivity contribution in [1.29, 1.82) is 0 Å². The average Bonchev–Trinajstić information content (AvgIpc) is 2.88. The van der Waals surface area contributed by atoms with E-state index in [0.29, 0.717) is 32.2 Å². The third-order valence-corrected chi connectivity index (χ3v) is 9.02. The van der Waals surface area contributed by atoms with Gasteiger partial charge in [0.15, 0.2) is 0 Å². The molecule has 0 saturated heterocycles. The third-order valence-electron chi connectivity index (χ3n) is 6.16. The van der Waals surface area contributed by atoms with Crippen molar-refractivity contribution in [3.8, 4) is 0 Å². The summed E-state index contributed by atoms with van der Waals surface area (Å²) in [4.78, 5) is 28.7. The first-order valence-corrected chi connectivity index (χ1v) is 15.7. The Labute approximate surface area is 254 Å². The molecule has 214 valence electrons. The minimum atomic E-state index is -4.15. The maximum Gasteiger partial charge on any atom is 0.264 e. The molecule has 3 aromatic rings. The van der Waals surface area contributed by atoms with Gasteiger partial charge < -0.3 is 10.2 Å². The molecule has 11 heteroatoms. The monoisotopic (exact) mass is 667 g/mol. The van der Waals surface area contributed by atoms with E-state index >= 15 is 0 Å². The van der Waals surface area contributed by atoms with Crippen molar-refractivity contribution >= 4 is 66.7 Å². The zero-order valence-electron chi connectivity index (χ0n) is 22.7. The summed E-state index contributed by atoms with van der Waals surface area (Å²) in [6, 6.07) is 17.0. The molecule has 7 nitrogen and oxygen atoms in total. The molecule has 0 radical (unpaired) electrons. The molecule has 1 unspecified atom stereocenters. The van der Waals surface area contributed by atoms with Crippen molar-refractivity contribution in [3.05, 3.63) is 92.4 Å². The number of carbonyl (C=O) groups excluding carboxylic acids is 2. The molecule has 40 heavy (non-hydrogen) atoms. The summed E-state index contributed by atoms with van der Waals surface area (Å²) in [5.74, 6) is -0.904. The van der Waals surface area contributed by atoms with E-state index in [0.717, 1.165) is 9.87 Å². The number of amides is 2.